The standard InChI is InChI=1S/C18H17N5O/c1-2-11-23-15-6-4-3-5-13(15)21-18(23)22-17(24)14-8-7-12-9-10-19-16(12)20-14/h3-10H,2,11H2,1H3,(H,19,20)(H,21,22,24). The Bertz CT molecular complexity index is 1030. The van der Waals surface area contributed by atoms with Crippen LogP contribution in [0.25, 0.3) is 22.1 Å². The maximum absolute atomic E-state index is 12.6. The van der Waals surface area contributed by atoms with E-state index in [1.165, 1.54) is 0 Å². The molecule has 1 aromatic carbocycles. The maximum Gasteiger partial charge on any atom is 0.276 e. The summed E-state index contributed by atoms with van der Waals surface area (Å²) in [5, 5.41) is 3.87. The number of nitrogens with zero attached hydrogens (tertiary/aromatic N) is 3. The van der Waals surface area contributed by atoms with Crippen molar-refractivity contribution in [3.63, 3.8) is 0 Å². The highest BCUT2D eigenvalue weighted by Crippen LogP contribution is 2.20. The summed E-state index contributed by atoms with van der Waals surface area (Å²) in [5.41, 5.74) is 2.95. The van der Waals surface area contributed by atoms with E-state index in [4.69, 9.17) is 0 Å². The number of carbonyl (C=O) groups is 1. The highest BCUT2D eigenvalue weighted by molar-refractivity contribution is 6.03. The number of benzene rings is 1. The third kappa shape index (κ3) is 2.42. The molecular formula is C18H17N5O. The molecule has 0 atom stereocenters. The van der Waals surface area contributed by atoms with E-state index in [-0.39, 0.29) is 5.91 Å². The predicted molar refractivity (Wildman–Crippen MR) is 94.1 cm³/mol. The molecular weight excluding hydrogens is 302 g/mol. The average molecular weight is 319 g/mol. The van der Waals surface area contributed by atoms with Gasteiger partial charge in [0.2, 0.25) is 5.95 Å². The Labute approximate surface area is 138 Å². The Hall–Kier alpha value is -3.15. The number of aromatic amines is 1. The number of amides is 1. The molecule has 1 amide bonds. The number of carbonyl (C=O) groups excluding carboxylic acids is 1. The molecule has 2 N–H and O–H groups in total. The van der Waals surface area contributed by atoms with Crippen LogP contribution in [0.15, 0.2) is 48.7 Å². The molecule has 3 heterocycles. The second-order valence-corrected chi connectivity index (χ2v) is 5.64. The largest absolute Gasteiger partial charge is 0.346 e. The summed E-state index contributed by atoms with van der Waals surface area (Å²) in [6.45, 7) is 2.89. The Kier molecular flexibility index (Phi) is 3.49. The molecule has 0 fully saturated rings. The Morgan fingerprint density at radius 1 is 1.17 bits per heavy atom. The van der Waals surface area contributed by atoms with Crippen molar-refractivity contribution in [2.24, 2.45) is 0 Å². The van der Waals surface area contributed by atoms with Crippen LogP contribution in [0.3, 0.4) is 0 Å². The fourth-order valence-electron chi connectivity index (χ4n) is 2.84. The minimum atomic E-state index is -0.265. The number of nitrogens with one attached hydrogen (secondary N) is 2. The number of aromatic nitrogens is 4. The van der Waals surface area contributed by atoms with E-state index in [0.29, 0.717) is 17.3 Å². The second kappa shape index (κ2) is 5.81. The van der Waals surface area contributed by atoms with E-state index >= 15 is 0 Å². The van der Waals surface area contributed by atoms with Crippen molar-refractivity contribution in [2.75, 3.05) is 5.32 Å². The summed E-state index contributed by atoms with van der Waals surface area (Å²) >= 11 is 0. The van der Waals surface area contributed by atoms with Gasteiger partial charge in [0.1, 0.15) is 11.3 Å². The van der Waals surface area contributed by atoms with Crippen LogP contribution in [0.1, 0.15) is 23.8 Å². The van der Waals surface area contributed by atoms with Crippen molar-refractivity contribution in [1.29, 1.82) is 0 Å². The molecule has 0 aliphatic carbocycles. The van der Waals surface area contributed by atoms with E-state index in [1.54, 1.807) is 12.3 Å². The number of pyridine rings is 1. The number of aryl methyl sites for hydroxylation is 1. The first-order valence-corrected chi connectivity index (χ1v) is 7.97. The Morgan fingerprint density at radius 2 is 2.04 bits per heavy atom. The van der Waals surface area contributed by atoms with Crippen molar-refractivity contribution in [3.8, 4) is 0 Å². The summed E-state index contributed by atoms with van der Waals surface area (Å²) < 4.78 is 2.03. The van der Waals surface area contributed by atoms with Gasteiger partial charge < -0.3 is 9.55 Å². The van der Waals surface area contributed by atoms with Gasteiger partial charge in [0.25, 0.3) is 5.91 Å². The van der Waals surface area contributed by atoms with Crippen molar-refractivity contribution in [2.45, 2.75) is 19.9 Å². The maximum atomic E-state index is 12.6. The lowest BCUT2D eigenvalue weighted by Crippen LogP contribution is -2.17. The number of hydrogen-bond donors (Lipinski definition) is 2. The van der Waals surface area contributed by atoms with Crippen LogP contribution in [0.4, 0.5) is 5.95 Å². The lowest BCUT2D eigenvalue weighted by Gasteiger charge is -2.08. The lowest BCUT2D eigenvalue weighted by molar-refractivity contribution is 0.102. The van der Waals surface area contributed by atoms with Crippen molar-refractivity contribution in [1.82, 2.24) is 19.5 Å². The summed E-state index contributed by atoms with van der Waals surface area (Å²) in [4.78, 5) is 24.5. The SMILES string of the molecule is CCCn1c(NC(=O)c2ccc3cc[nH]c3n2)nc2ccccc21. The number of rotatable bonds is 4. The lowest BCUT2D eigenvalue weighted by atomic mass is 10.3. The molecule has 0 aliphatic rings. The van der Waals surface area contributed by atoms with Gasteiger partial charge in [-0.15, -0.1) is 0 Å². The molecule has 120 valence electrons. The quantitative estimate of drug-likeness (QED) is 0.604. The summed E-state index contributed by atoms with van der Waals surface area (Å²) in [5.74, 6) is 0.288. The van der Waals surface area contributed by atoms with Crippen molar-refractivity contribution < 1.29 is 4.79 Å². The topological polar surface area (TPSA) is 75.6 Å². The van der Waals surface area contributed by atoms with Crippen LogP contribution in [0.2, 0.25) is 0 Å². The van der Waals surface area contributed by atoms with Crippen LogP contribution >= 0.6 is 0 Å². The van der Waals surface area contributed by atoms with E-state index in [0.717, 1.165) is 29.4 Å². The van der Waals surface area contributed by atoms with Gasteiger partial charge in [-0.25, -0.2) is 9.97 Å². The number of H-pyrrole nitrogens is 1. The van der Waals surface area contributed by atoms with Gasteiger partial charge >= 0.3 is 0 Å². The number of hydrogen-bond acceptors (Lipinski definition) is 3. The number of para-hydroxylation sites is 2. The third-order valence-corrected chi connectivity index (χ3v) is 3.97. The number of fused-ring (bicyclic) bond motifs is 2. The minimum absolute atomic E-state index is 0.265. The Balaban J connectivity index is 1.70. The molecule has 4 aromatic rings. The van der Waals surface area contributed by atoms with Crippen LogP contribution < -0.4 is 5.32 Å². The fraction of sp³-hybridized carbons (Fsp3) is 0.167. The molecule has 6 nitrogen and oxygen atoms in total. The van der Waals surface area contributed by atoms with Gasteiger partial charge in [-0.3, -0.25) is 10.1 Å². The van der Waals surface area contributed by atoms with Crippen LogP contribution in [-0.4, -0.2) is 25.4 Å². The van der Waals surface area contributed by atoms with Gasteiger partial charge in [-0.1, -0.05) is 19.1 Å². The molecule has 0 bridgehead atoms. The first-order chi connectivity index (χ1) is 11.8. The van der Waals surface area contributed by atoms with Crippen LogP contribution in [-0.2, 0) is 6.54 Å². The van der Waals surface area contributed by atoms with Gasteiger partial charge in [0, 0.05) is 18.1 Å². The normalized spacial score (nSPS) is 11.2. The predicted octanol–water partition coefficient (Wildman–Crippen LogP) is 3.57. The molecule has 0 aliphatic heterocycles. The monoisotopic (exact) mass is 319 g/mol. The molecule has 0 saturated heterocycles. The first kappa shape index (κ1) is 14.4. The van der Waals surface area contributed by atoms with E-state index in [2.05, 4.69) is 27.2 Å². The smallest absolute Gasteiger partial charge is 0.276 e. The fourth-order valence-corrected chi connectivity index (χ4v) is 2.84. The van der Waals surface area contributed by atoms with Gasteiger partial charge in [0.05, 0.1) is 11.0 Å². The zero-order chi connectivity index (χ0) is 16.5. The molecule has 0 radical (unpaired) electrons. The van der Waals surface area contributed by atoms with Crippen LogP contribution in [0.5, 0.6) is 0 Å². The van der Waals surface area contributed by atoms with Gasteiger partial charge in [-0.05, 0) is 36.8 Å². The number of imidazole rings is 1. The van der Waals surface area contributed by atoms with Gasteiger partial charge in [0.15, 0.2) is 0 Å². The van der Waals surface area contributed by atoms with E-state index in [9.17, 15) is 4.79 Å². The molecule has 0 saturated carbocycles. The van der Waals surface area contributed by atoms with Gasteiger partial charge in [-0.2, -0.15) is 0 Å². The average Bonchev–Trinajstić information content (AvgIpc) is 3.19. The molecule has 0 unspecified atom stereocenters. The molecule has 4 rings (SSSR count). The second-order valence-electron chi connectivity index (χ2n) is 5.64. The molecule has 6 heteroatoms. The van der Waals surface area contributed by atoms with E-state index < -0.39 is 0 Å². The Morgan fingerprint density at radius 3 is 2.92 bits per heavy atom. The molecule has 24 heavy (non-hydrogen) atoms. The van der Waals surface area contributed by atoms with Crippen molar-refractivity contribution in [3.05, 3.63) is 54.4 Å². The molecule has 0 spiro atoms. The summed E-state index contributed by atoms with van der Waals surface area (Å²) in [6, 6.07) is 13.4. The van der Waals surface area contributed by atoms with E-state index in [1.807, 2.05) is 41.0 Å². The third-order valence-electron chi connectivity index (χ3n) is 3.97. The molecule has 3 aromatic heterocycles. The zero-order valence-electron chi connectivity index (χ0n) is 13.3. The summed E-state index contributed by atoms with van der Waals surface area (Å²) in [6.07, 6.45) is 2.76. The number of anilines is 1. The first-order valence-electron chi connectivity index (χ1n) is 7.97. The zero-order valence-corrected chi connectivity index (χ0v) is 13.3. The van der Waals surface area contributed by atoms with Crippen LogP contribution in [0, 0.1) is 0 Å². The van der Waals surface area contributed by atoms with Crippen molar-refractivity contribution >= 4 is 33.9 Å². The highest BCUT2D eigenvalue weighted by atomic mass is 16.2. The minimum Gasteiger partial charge on any atom is -0.346 e. The highest BCUT2D eigenvalue weighted by Gasteiger charge is 2.15. The summed E-state index contributed by atoms with van der Waals surface area (Å²) in [7, 11) is 0.